The van der Waals surface area contributed by atoms with E-state index in [4.69, 9.17) is 0 Å². The molecule has 0 aliphatic rings. The standard InChI is InChI=1S/C10H8FNO4S/c11-17(15,16)8-4-3-6-9-5-1-2-7-10(9)12(13)14/h1-8H/b6-3+,8-4+. The molecule has 0 unspecified atom stereocenters. The molecule has 0 aromatic heterocycles. The largest absolute Gasteiger partial charge is 0.325 e. The molecule has 0 saturated heterocycles. The van der Waals surface area contributed by atoms with Crippen molar-refractivity contribution in [1.29, 1.82) is 0 Å². The number of allylic oxidation sites excluding steroid dienone is 2. The second-order valence-electron chi connectivity index (χ2n) is 2.98. The van der Waals surface area contributed by atoms with Gasteiger partial charge in [-0.2, -0.15) is 8.42 Å². The first-order valence-electron chi connectivity index (χ1n) is 4.43. The van der Waals surface area contributed by atoms with Crippen LogP contribution in [-0.4, -0.2) is 13.3 Å². The van der Waals surface area contributed by atoms with Crippen LogP contribution in [0.2, 0.25) is 0 Å². The van der Waals surface area contributed by atoms with E-state index in [1.165, 1.54) is 30.4 Å². The van der Waals surface area contributed by atoms with Crippen LogP contribution in [0.3, 0.4) is 0 Å². The lowest BCUT2D eigenvalue weighted by atomic mass is 10.1. The highest BCUT2D eigenvalue weighted by Gasteiger charge is 2.08. The lowest BCUT2D eigenvalue weighted by molar-refractivity contribution is -0.385. The van der Waals surface area contributed by atoms with Crippen molar-refractivity contribution in [3.8, 4) is 0 Å². The van der Waals surface area contributed by atoms with E-state index in [-0.39, 0.29) is 5.69 Å². The van der Waals surface area contributed by atoms with Crippen LogP contribution in [0.15, 0.2) is 41.8 Å². The number of para-hydroxylation sites is 1. The number of hydrogen-bond donors (Lipinski definition) is 0. The summed E-state index contributed by atoms with van der Waals surface area (Å²) in [5.41, 5.74) is 0.193. The van der Waals surface area contributed by atoms with Crippen LogP contribution < -0.4 is 0 Å². The molecule has 0 radical (unpaired) electrons. The zero-order chi connectivity index (χ0) is 12.9. The van der Waals surface area contributed by atoms with Crippen molar-refractivity contribution in [3.63, 3.8) is 0 Å². The molecule has 0 atom stereocenters. The summed E-state index contributed by atoms with van der Waals surface area (Å²) in [6, 6.07) is 5.92. The van der Waals surface area contributed by atoms with Gasteiger partial charge in [0.25, 0.3) is 5.69 Å². The van der Waals surface area contributed by atoms with E-state index < -0.39 is 15.1 Å². The second-order valence-corrected chi connectivity index (χ2v) is 4.20. The van der Waals surface area contributed by atoms with Crippen molar-refractivity contribution in [2.75, 3.05) is 0 Å². The molecular formula is C10H8FNO4S. The molecule has 1 aromatic rings. The van der Waals surface area contributed by atoms with Crippen molar-refractivity contribution in [1.82, 2.24) is 0 Å². The number of hydrogen-bond acceptors (Lipinski definition) is 4. The molecule has 5 nitrogen and oxygen atoms in total. The summed E-state index contributed by atoms with van der Waals surface area (Å²) in [5, 5.41) is 11.0. The third-order valence-electron chi connectivity index (χ3n) is 1.76. The van der Waals surface area contributed by atoms with Crippen molar-refractivity contribution in [2.45, 2.75) is 0 Å². The Morgan fingerprint density at radius 3 is 2.47 bits per heavy atom. The van der Waals surface area contributed by atoms with Crippen molar-refractivity contribution < 1.29 is 17.2 Å². The number of nitrogens with zero attached hydrogens (tertiary/aromatic N) is 1. The normalized spacial score (nSPS) is 12.3. The Kier molecular flexibility index (Phi) is 4.11. The molecule has 1 rings (SSSR count). The van der Waals surface area contributed by atoms with Crippen molar-refractivity contribution >= 4 is 22.0 Å². The van der Waals surface area contributed by atoms with Crippen LogP contribution in [0, 0.1) is 10.1 Å². The summed E-state index contributed by atoms with van der Waals surface area (Å²) in [5.74, 6) is 0. The molecule has 0 spiro atoms. The van der Waals surface area contributed by atoms with Crippen LogP contribution in [-0.2, 0) is 10.2 Å². The van der Waals surface area contributed by atoms with E-state index >= 15 is 0 Å². The fraction of sp³-hybridized carbons (Fsp3) is 0. The zero-order valence-electron chi connectivity index (χ0n) is 8.49. The molecule has 0 bridgehead atoms. The molecule has 7 heteroatoms. The Morgan fingerprint density at radius 1 is 1.24 bits per heavy atom. The number of nitro groups is 1. The molecule has 0 aliphatic heterocycles. The first-order valence-corrected chi connectivity index (χ1v) is 5.87. The number of rotatable bonds is 4. The van der Waals surface area contributed by atoms with E-state index in [9.17, 15) is 22.4 Å². The molecule has 0 aliphatic carbocycles. The zero-order valence-corrected chi connectivity index (χ0v) is 9.30. The number of nitro benzene ring substituents is 1. The maximum atomic E-state index is 12.1. The van der Waals surface area contributed by atoms with E-state index in [0.29, 0.717) is 11.0 Å². The Balaban J connectivity index is 2.93. The maximum Gasteiger partial charge on any atom is 0.325 e. The van der Waals surface area contributed by atoms with Crippen LogP contribution in [0.25, 0.3) is 6.08 Å². The van der Waals surface area contributed by atoms with E-state index in [1.807, 2.05) is 0 Å². The van der Waals surface area contributed by atoms with Gasteiger partial charge in [0.1, 0.15) is 0 Å². The lowest BCUT2D eigenvalue weighted by Gasteiger charge is -1.94. The average molecular weight is 257 g/mol. The van der Waals surface area contributed by atoms with Gasteiger partial charge in [0, 0.05) is 6.07 Å². The van der Waals surface area contributed by atoms with Crippen LogP contribution in [0.4, 0.5) is 9.57 Å². The Bertz CT molecular complexity index is 578. The number of halogens is 1. The SMILES string of the molecule is O=[N+]([O-])c1ccccc1/C=C/C=C/S(=O)(=O)F. The van der Waals surface area contributed by atoms with Gasteiger partial charge >= 0.3 is 10.2 Å². The Hall–Kier alpha value is -2.02. The van der Waals surface area contributed by atoms with Gasteiger partial charge in [0.2, 0.25) is 0 Å². The van der Waals surface area contributed by atoms with E-state index in [0.717, 1.165) is 6.08 Å². The van der Waals surface area contributed by atoms with Gasteiger partial charge in [-0.25, -0.2) is 0 Å². The molecule has 1 aromatic carbocycles. The highest BCUT2D eigenvalue weighted by atomic mass is 32.3. The summed E-state index contributed by atoms with van der Waals surface area (Å²) in [6.45, 7) is 0. The summed E-state index contributed by atoms with van der Waals surface area (Å²) < 4.78 is 32.3. The van der Waals surface area contributed by atoms with Gasteiger partial charge in [-0.3, -0.25) is 10.1 Å². The predicted octanol–water partition coefficient (Wildman–Crippen LogP) is 2.42. The quantitative estimate of drug-likeness (QED) is 0.359. The van der Waals surface area contributed by atoms with E-state index in [1.54, 1.807) is 6.07 Å². The maximum absolute atomic E-state index is 12.1. The second kappa shape index (κ2) is 5.35. The fourth-order valence-electron chi connectivity index (χ4n) is 1.09. The summed E-state index contributed by atoms with van der Waals surface area (Å²) in [4.78, 5) is 10.1. The smallest absolute Gasteiger partial charge is 0.258 e. The van der Waals surface area contributed by atoms with Crippen molar-refractivity contribution in [2.24, 2.45) is 0 Å². The van der Waals surface area contributed by atoms with Crippen LogP contribution in [0.5, 0.6) is 0 Å². The molecule has 0 heterocycles. The van der Waals surface area contributed by atoms with Crippen molar-refractivity contribution in [3.05, 3.63) is 57.5 Å². The molecule has 0 N–H and O–H groups in total. The van der Waals surface area contributed by atoms with Gasteiger partial charge in [-0.05, 0) is 18.2 Å². The summed E-state index contributed by atoms with van der Waals surface area (Å²) >= 11 is 0. The molecule has 0 saturated carbocycles. The van der Waals surface area contributed by atoms with E-state index in [2.05, 4.69) is 0 Å². The minimum Gasteiger partial charge on any atom is -0.258 e. The molecular weight excluding hydrogens is 249 g/mol. The minimum atomic E-state index is -4.67. The third-order valence-corrected chi connectivity index (χ3v) is 2.24. The summed E-state index contributed by atoms with van der Waals surface area (Å²) in [7, 11) is -4.67. The highest BCUT2D eigenvalue weighted by molar-refractivity contribution is 7.89. The topological polar surface area (TPSA) is 77.3 Å². The van der Waals surface area contributed by atoms with Gasteiger partial charge in [0.05, 0.1) is 15.9 Å². The first kappa shape index (κ1) is 13.0. The Labute approximate surface area is 97.3 Å². The van der Waals surface area contributed by atoms with Crippen LogP contribution in [0.1, 0.15) is 5.56 Å². The summed E-state index contributed by atoms with van der Waals surface area (Å²) in [6.07, 6.45) is 3.48. The van der Waals surface area contributed by atoms with Gasteiger partial charge in [0.15, 0.2) is 0 Å². The molecule has 0 fully saturated rings. The third kappa shape index (κ3) is 4.56. The monoisotopic (exact) mass is 257 g/mol. The van der Waals surface area contributed by atoms with Gasteiger partial charge < -0.3 is 0 Å². The molecule has 0 amide bonds. The fourth-order valence-corrected chi connectivity index (χ4v) is 1.37. The first-order chi connectivity index (χ1) is 7.90. The minimum absolute atomic E-state index is 0.111. The number of benzene rings is 1. The predicted molar refractivity (Wildman–Crippen MR) is 61.3 cm³/mol. The van der Waals surface area contributed by atoms with Crippen LogP contribution >= 0.6 is 0 Å². The lowest BCUT2D eigenvalue weighted by Crippen LogP contribution is -1.90. The average Bonchev–Trinajstić information content (AvgIpc) is 2.23. The Morgan fingerprint density at radius 2 is 1.88 bits per heavy atom. The molecule has 17 heavy (non-hydrogen) atoms. The van der Waals surface area contributed by atoms with Gasteiger partial charge in [-0.15, -0.1) is 3.89 Å². The van der Waals surface area contributed by atoms with Gasteiger partial charge in [-0.1, -0.05) is 18.2 Å². The highest BCUT2D eigenvalue weighted by Crippen LogP contribution is 2.18. The molecule has 90 valence electrons.